The fraction of sp³-hybridized carbons (Fsp3) is 0.571. The number of allylic oxidation sites excluding steroid dienone is 1. The molecule has 0 unspecified atom stereocenters. The van der Waals surface area contributed by atoms with Gasteiger partial charge in [0.15, 0.2) is 0 Å². The summed E-state index contributed by atoms with van der Waals surface area (Å²) in [5, 5.41) is 8.98. The zero-order valence-corrected chi connectivity index (χ0v) is 5.21. The van der Waals surface area contributed by atoms with Gasteiger partial charge in [-0.15, -0.1) is 0 Å². The van der Waals surface area contributed by atoms with Gasteiger partial charge >= 0.3 is 0 Å². The molecule has 0 aliphatic heterocycles. The summed E-state index contributed by atoms with van der Waals surface area (Å²) < 4.78 is 0. The van der Waals surface area contributed by atoms with E-state index in [-0.39, 0.29) is 6.10 Å². The van der Waals surface area contributed by atoms with Gasteiger partial charge in [0, 0.05) is 0 Å². The van der Waals surface area contributed by atoms with Crippen LogP contribution in [-0.4, -0.2) is 17.5 Å². The summed E-state index contributed by atoms with van der Waals surface area (Å²) in [4.78, 5) is 10.1. The maximum atomic E-state index is 10.1. The largest absolute Gasteiger partial charge is 0.389 e. The summed E-state index contributed by atoms with van der Waals surface area (Å²) in [5.41, 5.74) is 0.744. The lowest BCUT2D eigenvalue weighted by Crippen LogP contribution is -2.09. The van der Waals surface area contributed by atoms with E-state index in [4.69, 9.17) is 5.11 Å². The number of rotatable bonds is 1. The highest BCUT2D eigenvalue weighted by atomic mass is 16.3. The van der Waals surface area contributed by atoms with Crippen LogP contribution in [0, 0.1) is 0 Å². The SMILES string of the molecule is O=CC1=C[C@H](O)CCC1. The fourth-order valence-electron chi connectivity index (χ4n) is 1.03. The lowest BCUT2D eigenvalue weighted by molar-refractivity contribution is -0.105. The van der Waals surface area contributed by atoms with Crippen molar-refractivity contribution in [3.8, 4) is 0 Å². The van der Waals surface area contributed by atoms with Crippen LogP contribution in [0.15, 0.2) is 11.6 Å². The monoisotopic (exact) mass is 126 g/mol. The Morgan fingerprint density at radius 1 is 1.78 bits per heavy atom. The maximum absolute atomic E-state index is 10.1. The Morgan fingerprint density at radius 3 is 3.00 bits per heavy atom. The minimum absolute atomic E-state index is 0.376. The van der Waals surface area contributed by atoms with Gasteiger partial charge in [-0.3, -0.25) is 4.79 Å². The summed E-state index contributed by atoms with van der Waals surface area (Å²) in [6.07, 6.45) is 4.65. The fourth-order valence-corrected chi connectivity index (χ4v) is 1.03. The molecule has 0 aromatic rings. The molecule has 0 aromatic carbocycles. The van der Waals surface area contributed by atoms with Crippen molar-refractivity contribution >= 4 is 6.29 Å². The molecule has 1 atom stereocenters. The van der Waals surface area contributed by atoms with Crippen molar-refractivity contribution < 1.29 is 9.90 Å². The highest BCUT2D eigenvalue weighted by Gasteiger charge is 2.08. The highest BCUT2D eigenvalue weighted by Crippen LogP contribution is 2.15. The summed E-state index contributed by atoms with van der Waals surface area (Å²) in [6, 6.07) is 0. The van der Waals surface area contributed by atoms with Gasteiger partial charge in [0.05, 0.1) is 6.10 Å². The van der Waals surface area contributed by atoms with Crippen molar-refractivity contribution in [2.45, 2.75) is 25.4 Å². The van der Waals surface area contributed by atoms with Crippen LogP contribution in [0.4, 0.5) is 0 Å². The minimum Gasteiger partial charge on any atom is -0.389 e. The van der Waals surface area contributed by atoms with Crippen LogP contribution < -0.4 is 0 Å². The molecule has 1 aliphatic rings. The number of hydrogen-bond acceptors (Lipinski definition) is 2. The first-order chi connectivity index (χ1) is 4.33. The molecule has 1 aliphatic carbocycles. The van der Waals surface area contributed by atoms with E-state index >= 15 is 0 Å². The Hall–Kier alpha value is -0.630. The molecule has 0 radical (unpaired) electrons. The van der Waals surface area contributed by atoms with E-state index in [0.717, 1.165) is 31.1 Å². The lowest BCUT2D eigenvalue weighted by Gasteiger charge is -2.11. The maximum Gasteiger partial charge on any atom is 0.145 e. The van der Waals surface area contributed by atoms with E-state index in [1.54, 1.807) is 6.08 Å². The van der Waals surface area contributed by atoms with Gasteiger partial charge in [0.25, 0.3) is 0 Å². The molecule has 1 rings (SSSR count). The standard InChI is InChI=1S/C7H10O2/c8-5-6-2-1-3-7(9)4-6/h4-5,7,9H,1-3H2/t7-/m1/s1. The van der Waals surface area contributed by atoms with E-state index in [0.29, 0.717) is 0 Å². The van der Waals surface area contributed by atoms with Gasteiger partial charge < -0.3 is 5.11 Å². The zero-order chi connectivity index (χ0) is 6.69. The topological polar surface area (TPSA) is 37.3 Å². The second-order valence-corrected chi connectivity index (χ2v) is 2.32. The molecule has 1 N–H and O–H groups in total. The summed E-state index contributed by atoms with van der Waals surface area (Å²) in [5.74, 6) is 0. The van der Waals surface area contributed by atoms with E-state index < -0.39 is 0 Å². The molecule has 0 amide bonds. The second kappa shape index (κ2) is 2.78. The molecule has 0 bridgehead atoms. The Kier molecular flexibility index (Phi) is 2.01. The van der Waals surface area contributed by atoms with Gasteiger partial charge in [0.1, 0.15) is 6.29 Å². The van der Waals surface area contributed by atoms with Gasteiger partial charge in [-0.05, 0) is 30.9 Å². The van der Waals surface area contributed by atoms with Crippen LogP contribution >= 0.6 is 0 Å². The molecule has 0 spiro atoms. The van der Waals surface area contributed by atoms with Crippen molar-refractivity contribution in [1.29, 1.82) is 0 Å². The third-order valence-electron chi connectivity index (χ3n) is 1.52. The van der Waals surface area contributed by atoms with Crippen LogP contribution in [0.1, 0.15) is 19.3 Å². The van der Waals surface area contributed by atoms with E-state index in [9.17, 15) is 4.79 Å². The molecular weight excluding hydrogens is 116 g/mol. The molecular formula is C7H10O2. The number of carbonyl (C=O) groups is 1. The Morgan fingerprint density at radius 2 is 2.56 bits per heavy atom. The first-order valence-corrected chi connectivity index (χ1v) is 3.17. The van der Waals surface area contributed by atoms with E-state index in [2.05, 4.69) is 0 Å². The predicted octanol–water partition coefficient (Wildman–Crippen LogP) is 0.656. The predicted molar refractivity (Wildman–Crippen MR) is 34.0 cm³/mol. The smallest absolute Gasteiger partial charge is 0.145 e. The summed E-state index contributed by atoms with van der Waals surface area (Å²) >= 11 is 0. The van der Waals surface area contributed by atoms with Gasteiger partial charge in [-0.25, -0.2) is 0 Å². The van der Waals surface area contributed by atoms with Crippen LogP contribution in [0.5, 0.6) is 0 Å². The van der Waals surface area contributed by atoms with E-state index in [1.165, 1.54) is 0 Å². The van der Waals surface area contributed by atoms with Crippen molar-refractivity contribution in [1.82, 2.24) is 0 Å². The third-order valence-corrected chi connectivity index (χ3v) is 1.52. The van der Waals surface area contributed by atoms with Crippen LogP contribution in [0.2, 0.25) is 0 Å². The van der Waals surface area contributed by atoms with Gasteiger partial charge in [0.2, 0.25) is 0 Å². The average molecular weight is 126 g/mol. The Labute approximate surface area is 54.2 Å². The first-order valence-electron chi connectivity index (χ1n) is 3.17. The quantitative estimate of drug-likeness (QED) is 0.524. The Balaban J connectivity index is 2.59. The normalized spacial score (nSPS) is 27.2. The highest BCUT2D eigenvalue weighted by molar-refractivity contribution is 5.73. The number of aliphatic hydroxyl groups is 1. The van der Waals surface area contributed by atoms with Crippen molar-refractivity contribution in [3.63, 3.8) is 0 Å². The lowest BCUT2D eigenvalue weighted by atomic mass is 9.99. The van der Waals surface area contributed by atoms with Crippen LogP contribution in [-0.2, 0) is 4.79 Å². The number of hydrogen-bond donors (Lipinski definition) is 1. The summed E-state index contributed by atoms with van der Waals surface area (Å²) in [7, 11) is 0. The molecule has 2 nitrogen and oxygen atoms in total. The molecule has 9 heavy (non-hydrogen) atoms. The molecule has 0 saturated heterocycles. The van der Waals surface area contributed by atoms with Crippen molar-refractivity contribution in [3.05, 3.63) is 11.6 Å². The zero-order valence-electron chi connectivity index (χ0n) is 5.21. The molecule has 50 valence electrons. The van der Waals surface area contributed by atoms with Gasteiger partial charge in [-0.2, -0.15) is 0 Å². The molecule has 2 heteroatoms. The second-order valence-electron chi connectivity index (χ2n) is 2.32. The minimum atomic E-state index is -0.376. The first kappa shape index (κ1) is 6.49. The van der Waals surface area contributed by atoms with E-state index in [1.807, 2.05) is 0 Å². The van der Waals surface area contributed by atoms with Crippen LogP contribution in [0.25, 0.3) is 0 Å². The molecule has 0 fully saturated rings. The third kappa shape index (κ3) is 1.64. The molecule has 0 aromatic heterocycles. The Bertz CT molecular complexity index is 138. The summed E-state index contributed by atoms with van der Waals surface area (Å²) in [6.45, 7) is 0. The molecule has 0 saturated carbocycles. The number of aldehydes is 1. The average Bonchev–Trinajstić information content (AvgIpc) is 1.88. The molecule has 0 heterocycles. The van der Waals surface area contributed by atoms with Gasteiger partial charge in [-0.1, -0.05) is 0 Å². The van der Waals surface area contributed by atoms with Crippen molar-refractivity contribution in [2.24, 2.45) is 0 Å². The van der Waals surface area contributed by atoms with Crippen LogP contribution in [0.3, 0.4) is 0 Å². The van der Waals surface area contributed by atoms with Crippen molar-refractivity contribution in [2.75, 3.05) is 0 Å². The number of carbonyl (C=O) groups excluding carboxylic acids is 1. The number of aliphatic hydroxyl groups excluding tert-OH is 1.